The van der Waals surface area contributed by atoms with Gasteiger partial charge in [0.2, 0.25) is 5.91 Å². The van der Waals surface area contributed by atoms with Crippen molar-refractivity contribution in [3.8, 4) is 11.1 Å². The summed E-state index contributed by atoms with van der Waals surface area (Å²) in [6, 6.07) is 22.2. The highest BCUT2D eigenvalue weighted by atomic mass is 16.5. The zero-order valence-electron chi connectivity index (χ0n) is 18.8. The Morgan fingerprint density at radius 3 is 2.12 bits per heavy atom. The molecule has 0 fully saturated rings. The predicted octanol–water partition coefficient (Wildman–Crippen LogP) is 4.71. The van der Waals surface area contributed by atoms with E-state index in [0.717, 1.165) is 27.8 Å². The zero-order valence-corrected chi connectivity index (χ0v) is 18.8. The highest BCUT2D eigenvalue weighted by Crippen LogP contribution is 2.44. The third-order valence-corrected chi connectivity index (χ3v) is 6.00. The number of para-hydroxylation sites is 1. The molecule has 0 heterocycles. The number of carbonyl (C=O) groups is 3. The molecule has 2 amide bonds. The van der Waals surface area contributed by atoms with Gasteiger partial charge in [-0.3, -0.25) is 9.59 Å². The summed E-state index contributed by atoms with van der Waals surface area (Å²) in [5.41, 5.74) is 5.84. The van der Waals surface area contributed by atoms with Gasteiger partial charge in [0.05, 0.1) is 0 Å². The second-order valence-corrected chi connectivity index (χ2v) is 8.26. The Morgan fingerprint density at radius 1 is 0.912 bits per heavy atom. The van der Waals surface area contributed by atoms with E-state index >= 15 is 0 Å². The summed E-state index contributed by atoms with van der Waals surface area (Å²) >= 11 is 0. The molecular weight excluding hydrogens is 432 g/mol. The van der Waals surface area contributed by atoms with E-state index in [1.807, 2.05) is 67.6 Å². The Balaban J connectivity index is 1.43. The first-order chi connectivity index (χ1) is 16.4. The van der Waals surface area contributed by atoms with E-state index in [0.29, 0.717) is 5.69 Å². The fourth-order valence-electron chi connectivity index (χ4n) is 4.25. The molecule has 1 unspecified atom stereocenters. The first kappa shape index (κ1) is 23.0. The monoisotopic (exact) mass is 458 g/mol. The zero-order chi connectivity index (χ0) is 24.1. The fraction of sp³-hybridized carbons (Fsp3) is 0.222. The molecule has 0 spiro atoms. The van der Waals surface area contributed by atoms with Crippen molar-refractivity contribution in [1.29, 1.82) is 0 Å². The van der Waals surface area contributed by atoms with Gasteiger partial charge >= 0.3 is 12.1 Å². The Bertz CT molecular complexity index is 1180. The van der Waals surface area contributed by atoms with Crippen LogP contribution >= 0.6 is 0 Å². The summed E-state index contributed by atoms with van der Waals surface area (Å²) < 4.78 is 5.52. The van der Waals surface area contributed by atoms with Crippen molar-refractivity contribution in [2.45, 2.75) is 31.7 Å². The largest absolute Gasteiger partial charge is 0.481 e. The molecular formula is C27H26N2O5. The maximum absolute atomic E-state index is 12.8. The van der Waals surface area contributed by atoms with Crippen LogP contribution in [0.2, 0.25) is 0 Å². The molecule has 1 atom stereocenters. The van der Waals surface area contributed by atoms with Gasteiger partial charge in [0, 0.05) is 18.0 Å². The van der Waals surface area contributed by atoms with Crippen LogP contribution in [-0.2, 0) is 14.3 Å². The van der Waals surface area contributed by atoms with Crippen molar-refractivity contribution in [2.75, 3.05) is 11.9 Å². The van der Waals surface area contributed by atoms with Crippen LogP contribution in [0.5, 0.6) is 0 Å². The topological polar surface area (TPSA) is 105 Å². The standard InChI is InChI=1S/C27H26N2O5/c1-17-8-2-7-13-23(17)28-26(32)24(14-15-25(30)31)29-27(33)34-16-22-20-11-5-3-9-18(20)19-10-4-6-12-21(19)22/h2-13,22,24H,14-16H2,1H3,(H,28,32)(H,29,33)(H,30,31). The summed E-state index contributed by atoms with van der Waals surface area (Å²) in [6.07, 6.45) is -1.09. The van der Waals surface area contributed by atoms with Crippen LogP contribution in [0.3, 0.4) is 0 Å². The number of fused-ring (bicyclic) bond motifs is 3. The minimum absolute atomic E-state index is 0.0583. The van der Waals surface area contributed by atoms with Crippen molar-refractivity contribution >= 4 is 23.7 Å². The van der Waals surface area contributed by atoms with Crippen LogP contribution in [0.15, 0.2) is 72.8 Å². The highest BCUT2D eigenvalue weighted by molar-refractivity contribution is 5.97. The number of rotatable bonds is 8. The van der Waals surface area contributed by atoms with Gasteiger partial charge in [0.1, 0.15) is 12.6 Å². The molecule has 1 aliphatic carbocycles. The molecule has 3 aromatic carbocycles. The molecule has 3 aromatic rings. The van der Waals surface area contributed by atoms with Gasteiger partial charge in [-0.2, -0.15) is 0 Å². The normalized spacial score (nSPS) is 12.9. The molecule has 0 saturated carbocycles. The molecule has 7 nitrogen and oxygen atoms in total. The molecule has 3 N–H and O–H groups in total. The Hall–Kier alpha value is -4.13. The van der Waals surface area contributed by atoms with Gasteiger partial charge in [-0.25, -0.2) is 4.79 Å². The number of alkyl carbamates (subject to hydrolysis) is 1. The molecule has 7 heteroatoms. The molecule has 0 aliphatic heterocycles. The van der Waals surface area contributed by atoms with Crippen LogP contribution in [0.1, 0.15) is 35.4 Å². The number of hydrogen-bond donors (Lipinski definition) is 3. The van der Waals surface area contributed by atoms with E-state index in [2.05, 4.69) is 10.6 Å². The summed E-state index contributed by atoms with van der Waals surface area (Å²) in [7, 11) is 0. The highest BCUT2D eigenvalue weighted by Gasteiger charge is 2.30. The quantitative estimate of drug-likeness (QED) is 0.454. The fourth-order valence-corrected chi connectivity index (χ4v) is 4.25. The predicted molar refractivity (Wildman–Crippen MR) is 129 cm³/mol. The number of carboxylic acid groups (broad SMARTS) is 1. The van der Waals surface area contributed by atoms with Crippen molar-refractivity contribution in [3.05, 3.63) is 89.5 Å². The minimum Gasteiger partial charge on any atom is -0.481 e. The lowest BCUT2D eigenvalue weighted by molar-refractivity contribution is -0.137. The maximum atomic E-state index is 12.8. The number of aryl methyl sites for hydroxylation is 1. The molecule has 0 saturated heterocycles. The second-order valence-electron chi connectivity index (χ2n) is 8.26. The van der Waals surface area contributed by atoms with E-state index in [1.165, 1.54) is 0 Å². The molecule has 4 rings (SSSR count). The number of nitrogens with one attached hydrogen (secondary N) is 2. The van der Waals surface area contributed by atoms with E-state index in [9.17, 15) is 14.4 Å². The average molecular weight is 459 g/mol. The lowest BCUT2D eigenvalue weighted by Crippen LogP contribution is -2.44. The van der Waals surface area contributed by atoms with Crippen LogP contribution < -0.4 is 10.6 Å². The molecule has 0 radical (unpaired) electrons. The van der Waals surface area contributed by atoms with Crippen molar-refractivity contribution in [2.24, 2.45) is 0 Å². The first-order valence-corrected chi connectivity index (χ1v) is 11.1. The number of anilines is 1. The van der Waals surface area contributed by atoms with Gasteiger partial charge in [-0.15, -0.1) is 0 Å². The number of aliphatic carboxylic acids is 1. The van der Waals surface area contributed by atoms with Crippen molar-refractivity contribution < 1.29 is 24.2 Å². The van der Waals surface area contributed by atoms with E-state index in [1.54, 1.807) is 12.1 Å². The van der Waals surface area contributed by atoms with Gasteiger partial charge in [-0.05, 0) is 47.2 Å². The van der Waals surface area contributed by atoms with Gasteiger partial charge in [0.15, 0.2) is 0 Å². The Kier molecular flexibility index (Phi) is 6.92. The smallest absolute Gasteiger partial charge is 0.407 e. The number of benzene rings is 3. The van der Waals surface area contributed by atoms with Gasteiger partial charge < -0.3 is 20.5 Å². The van der Waals surface area contributed by atoms with E-state index in [4.69, 9.17) is 9.84 Å². The molecule has 0 bridgehead atoms. The first-order valence-electron chi connectivity index (χ1n) is 11.1. The van der Waals surface area contributed by atoms with Crippen LogP contribution in [-0.4, -0.2) is 35.7 Å². The SMILES string of the molecule is Cc1ccccc1NC(=O)C(CCC(=O)O)NC(=O)OCC1c2ccccc2-c2ccccc21. The average Bonchev–Trinajstić information content (AvgIpc) is 3.15. The number of carbonyl (C=O) groups excluding carboxylic acids is 2. The Morgan fingerprint density at radius 2 is 1.50 bits per heavy atom. The number of ether oxygens (including phenoxy) is 1. The maximum Gasteiger partial charge on any atom is 0.407 e. The number of carboxylic acids is 1. The van der Waals surface area contributed by atoms with Crippen LogP contribution in [0, 0.1) is 6.92 Å². The van der Waals surface area contributed by atoms with Crippen LogP contribution in [0.25, 0.3) is 11.1 Å². The molecule has 0 aromatic heterocycles. The number of hydrogen-bond acceptors (Lipinski definition) is 4. The lowest BCUT2D eigenvalue weighted by Gasteiger charge is -2.20. The van der Waals surface area contributed by atoms with E-state index in [-0.39, 0.29) is 25.4 Å². The van der Waals surface area contributed by atoms with E-state index < -0.39 is 24.0 Å². The summed E-state index contributed by atoms with van der Waals surface area (Å²) in [6.45, 7) is 1.95. The third kappa shape index (κ3) is 5.09. The minimum atomic E-state index is -1.05. The molecule has 34 heavy (non-hydrogen) atoms. The molecule has 174 valence electrons. The van der Waals surface area contributed by atoms with Gasteiger partial charge in [-0.1, -0.05) is 66.7 Å². The van der Waals surface area contributed by atoms with Crippen molar-refractivity contribution in [1.82, 2.24) is 5.32 Å². The summed E-state index contributed by atoms with van der Waals surface area (Å²) in [5.74, 6) is -1.66. The third-order valence-electron chi connectivity index (χ3n) is 6.00. The lowest BCUT2D eigenvalue weighted by atomic mass is 9.98. The summed E-state index contributed by atoms with van der Waals surface area (Å²) in [4.78, 5) is 36.6. The summed E-state index contributed by atoms with van der Waals surface area (Å²) in [5, 5.41) is 14.4. The molecule has 1 aliphatic rings. The Labute approximate surface area is 197 Å². The second kappa shape index (κ2) is 10.2. The van der Waals surface area contributed by atoms with Gasteiger partial charge in [0.25, 0.3) is 0 Å². The number of amides is 2. The van der Waals surface area contributed by atoms with Crippen molar-refractivity contribution in [3.63, 3.8) is 0 Å². The van der Waals surface area contributed by atoms with Crippen LogP contribution in [0.4, 0.5) is 10.5 Å².